The van der Waals surface area contributed by atoms with Crippen LogP contribution in [0.5, 0.6) is 0 Å². The van der Waals surface area contributed by atoms with Crippen LogP contribution in [0.15, 0.2) is 0 Å². The fraction of sp³-hybridized carbons (Fsp3) is 0.700. The van der Waals surface area contributed by atoms with Crippen LogP contribution in [-0.4, -0.2) is 41.9 Å². The van der Waals surface area contributed by atoms with E-state index in [1.54, 1.807) is 7.11 Å². The molecule has 1 aliphatic rings. The molecule has 0 bridgehead atoms. The Morgan fingerprint density at radius 2 is 2.38 bits per heavy atom. The van der Waals surface area contributed by atoms with Crippen molar-refractivity contribution >= 4 is 18.2 Å². The number of nitrogens with one attached hydrogen (secondary N) is 1. The molecule has 0 saturated heterocycles. The molecule has 0 saturated carbocycles. The van der Waals surface area contributed by atoms with Crippen molar-refractivity contribution in [2.24, 2.45) is 0 Å². The minimum Gasteiger partial charge on any atom is -0.385 e. The molecule has 0 radical (unpaired) electrons. The van der Waals surface area contributed by atoms with E-state index in [0.717, 1.165) is 39.1 Å². The highest BCUT2D eigenvalue weighted by Gasteiger charge is 2.19. The first-order valence-corrected chi connectivity index (χ1v) is 5.34. The highest BCUT2D eigenvalue weighted by Crippen LogP contribution is 2.21. The Morgan fingerprint density at radius 3 is 3.12 bits per heavy atom. The summed E-state index contributed by atoms with van der Waals surface area (Å²) in [5, 5.41) is 7.02. The zero-order valence-electron chi connectivity index (χ0n) is 9.53. The quantitative estimate of drug-likeness (QED) is 0.772. The molecule has 0 aromatic carbocycles. The number of hydrogen-bond donors (Lipinski definition) is 2. The maximum Gasteiger partial charge on any atom is 0.149 e. The second-order valence-electron chi connectivity index (χ2n) is 3.94. The van der Waals surface area contributed by atoms with E-state index in [0.29, 0.717) is 5.82 Å². The normalized spacial score (nSPS) is 15.6. The highest BCUT2D eigenvalue weighted by atomic mass is 35.5. The van der Waals surface area contributed by atoms with Crippen molar-refractivity contribution in [2.75, 3.05) is 32.5 Å². The van der Waals surface area contributed by atoms with Gasteiger partial charge < -0.3 is 10.5 Å². The number of aromatic amines is 1. The maximum absolute atomic E-state index is 5.78. The molecule has 0 atom stereocenters. The third-order valence-electron chi connectivity index (χ3n) is 2.87. The summed E-state index contributed by atoms with van der Waals surface area (Å²) in [6.07, 6.45) is 2.09. The largest absolute Gasteiger partial charge is 0.385 e. The SMILES string of the molecule is COCCCN1CCc2[nH]nc(N)c2C1.Cl. The van der Waals surface area contributed by atoms with Crippen molar-refractivity contribution in [2.45, 2.75) is 19.4 Å². The molecule has 1 aliphatic heterocycles. The summed E-state index contributed by atoms with van der Waals surface area (Å²) in [6, 6.07) is 0. The molecule has 0 aliphatic carbocycles. The van der Waals surface area contributed by atoms with Crippen molar-refractivity contribution in [1.29, 1.82) is 0 Å². The van der Waals surface area contributed by atoms with E-state index >= 15 is 0 Å². The van der Waals surface area contributed by atoms with Gasteiger partial charge in [-0.3, -0.25) is 10.00 Å². The molecule has 6 heteroatoms. The van der Waals surface area contributed by atoms with Crippen LogP contribution in [0.1, 0.15) is 17.7 Å². The van der Waals surface area contributed by atoms with Gasteiger partial charge in [-0.1, -0.05) is 0 Å². The minimum atomic E-state index is 0. The fourth-order valence-electron chi connectivity index (χ4n) is 2.00. The van der Waals surface area contributed by atoms with Gasteiger partial charge in [0.15, 0.2) is 0 Å². The summed E-state index contributed by atoms with van der Waals surface area (Å²) in [5.41, 5.74) is 8.17. The van der Waals surface area contributed by atoms with Gasteiger partial charge in [0.1, 0.15) is 5.82 Å². The van der Waals surface area contributed by atoms with Crippen molar-refractivity contribution in [3.05, 3.63) is 11.3 Å². The van der Waals surface area contributed by atoms with Gasteiger partial charge in [0.25, 0.3) is 0 Å². The van der Waals surface area contributed by atoms with Crippen molar-refractivity contribution in [3.63, 3.8) is 0 Å². The lowest BCUT2D eigenvalue weighted by Gasteiger charge is -2.26. The zero-order valence-corrected chi connectivity index (χ0v) is 10.3. The number of hydrogen-bond acceptors (Lipinski definition) is 4. The number of fused-ring (bicyclic) bond motifs is 1. The lowest BCUT2D eigenvalue weighted by Crippen LogP contribution is -2.31. The topological polar surface area (TPSA) is 67.2 Å². The number of methoxy groups -OCH3 is 1. The first-order valence-electron chi connectivity index (χ1n) is 5.34. The lowest BCUT2D eigenvalue weighted by molar-refractivity contribution is 0.167. The fourth-order valence-corrected chi connectivity index (χ4v) is 2.00. The Labute approximate surface area is 102 Å². The predicted octanol–water partition coefficient (Wildman–Crippen LogP) is 0.808. The van der Waals surface area contributed by atoms with Gasteiger partial charge in [-0.15, -0.1) is 12.4 Å². The molecular weight excluding hydrogens is 228 g/mol. The molecule has 1 aromatic heterocycles. The van der Waals surface area contributed by atoms with Crippen LogP contribution in [-0.2, 0) is 17.7 Å². The Balaban J connectivity index is 0.00000128. The summed E-state index contributed by atoms with van der Waals surface area (Å²) in [7, 11) is 1.74. The molecule has 0 unspecified atom stereocenters. The highest BCUT2D eigenvalue weighted by molar-refractivity contribution is 5.85. The third kappa shape index (κ3) is 2.87. The van der Waals surface area contributed by atoms with Crippen LogP contribution in [0.4, 0.5) is 5.82 Å². The maximum atomic E-state index is 5.78. The predicted molar refractivity (Wildman–Crippen MR) is 65.7 cm³/mol. The van der Waals surface area contributed by atoms with E-state index in [9.17, 15) is 0 Å². The zero-order chi connectivity index (χ0) is 10.7. The van der Waals surface area contributed by atoms with E-state index in [2.05, 4.69) is 15.1 Å². The number of nitrogens with two attached hydrogens (primary N) is 1. The summed E-state index contributed by atoms with van der Waals surface area (Å²) in [5.74, 6) is 0.654. The van der Waals surface area contributed by atoms with Gasteiger partial charge in [0.2, 0.25) is 0 Å². The van der Waals surface area contributed by atoms with Gasteiger partial charge >= 0.3 is 0 Å². The molecule has 16 heavy (non-hydrogen) atoms. The first kappa shape index (κ1) is 13.3. The summed E-state index contributed by atoms with van der Waals surface area (Å²) < 4.78 is 5.04. The number of nitrogen functional groups attached to an aromatic ring is 1. The number of ether oxygens (including phenoxy) is 1. The van der Waals surface area contributed by atoms with Crippen molar-refractivity contribution in [3.8, 4) is 0 Å². The first-order chi connectivity index (χ1) is 7.31. The number of rotatable bonds is 4. The Hall–Kier alpha value is -0.780. The average Bonchev–Trinajstić information content (AvgIpc) is 2.61. The molecule has 3 N–H and O–H groups in total. The number of aromatic nitrogens is 2. The van der Waals surface area contributed by atoms with Gasteiger partial charge in [-0.05, 0) is 6.42 Å². The Bertz CT molecular complexity index is 329. The second kappa shape index (κ2) is 6.08. The number of nitrogens with zero attached hydrogens (tertiary/aromatic N) is 2. The molecule has 0 amide bonds. The van der Waals surface area contributed by atoms with E-state index in [1.165, 1.54) is 11.3 Å². The molecular formula is C10H19ClN4O. The van der Waals surface area contributed by atoms with E-state index in [4.69, 9.17) is 10.5 Å². The van der Waals surface area contributed by atoms with E-state index < -0.39 is 0 Å². The van der Waals surface area contributed by atoms with Crippen molar-refractivity contribution < 1.29 is 4.74 Å². The van der Waals surface area contributed by atoms with Crippen LogP contribution >= 0.6 is 12.4 Å². The second-order valence-corrected chi connectivity index (χ2v) is 3.94. The molecule has 92 valence electrons. The Kier molecular flexibility index (Phi) is 5.05. The number of anilines is 1. The van der Waals surface area contributed by atoms with Gasteiger partial charge in [0, 0.05) is 51.0 Å². The number of halogens is 1. The van der Waals surface area contributed by atoms with Crippen LogP contribution < -0.4 is 5.73 Å². The molecule has 0 fully saturated rings. The van der Waals surface area contributed by atoms with Crippen LogP contribution in [0, 0.1) is 0 Å². The van der Waals surface area contributed by atoms with E-state index in [1.807, 2.05) is 0 Å². The molecule has 1 aromatic rings. The minimum absolute atomic E-state index is 0. The summed E-state index contributed by atoms with van der Waals surface area (Å²) in [6.45, 7) is 3.89. The monoisotopic (exact) mass is 246 g/mol. The lowest BCUT2D eigenvalue weighted by atomic mass is 10.1. The van der Waals surface area contributed by atoms with Gasteiger partial charge in [0.05, 0.1) is 0 Å². The van der Waals surface area contributed by atoms with Crippen molar-refractivity contribution in [1.82, 2.24) is 15.1 Å². The Morgan fingerprint density at radius 1 is 1.56 bits per heavy atom. The van der Waals surface area contributed by atoms with Crippen LogP contribution in [0.2, 0.25) is 0 Å². The van der Waals surface area contributed by atoms with E-state index in [-0.39, 0.29) is 12.4 Å². The smallest absolute Gasteiger partial charge is 0.149 e. The molecule has 2 heterocycles. The van der Waals surface area contributed by atoms with Gasteiger partial charge in [-0.2, -0.15) is 5.10 Å². The van der Waals surface area contributed by atoms with Crippen LogP contribution in [0.25, 0.3) is 0 Å². The summed E-state index contributed by atoms with van der Waals surface area (Å²) >= 11 is 0. The summed E-state index contributed by atoms with van der Waals surface area (Å²) in [4.78, 5) is 2.40. The van der Waals surface area contributed by atoms with Gasteiger partial charge in [-0.25, -0.2) is 0 Å². The van der Waals surface area contributed by atoms with Crippen LogP contribution in [0.3, 0.4) is 0 Å². The number of H-pyrrole nitrogens is 1. The molecule has 2 rings (SSSR count). The molecule has 0 spiro atoms. The average molecular weight is 247 g/mol. The molecule has 5 nitrogen and oxygen atoms in total. The standard InChI is InChI=1S/C10H18N4O.ClH/c1-15-6-2-4-14-5-3-9-8(7-14)10(11)13-12-9;/h2-7H2,1H3,(H3,11,12,13);1H. The third-order valence-corrected chi connectivity index (χ3v) is 2.87.